The van der Waals surface area contributed by atoms with E-state index in [0.29, 0.717) is 5.56 Å². The largest absolute Gasteiger partial charge is 0.496 e. The predicted molar refractivity (Wildman–Crippen MR) is 75.7 cm³/mol. The van der Waals surface area contributed by atoms with Gasteiger partial charge >= 0.3 is 0 Å². The molecule has 1 atom stereocenters. The van der Waals surface area contributed by atoms with Crippen LogP contribution >= 0.6 is 0 Å². The fourth-order valence-electron chi connectivity index (χ4n) is 2.49. The number of hydrogen-bond acceptors (Lipinski definition) is 3. The van der Waals surface area contributed by atoms with Crippen LogP contribution < -0.4 is 10.1 Å². The Balaban J connectivity index is 2.14. The van der Waals surface area contributed by atoms with Crippen molar-refractivity contribution in [3.63, 3.8) is 0 Å². The third-order valence-electron chi connectivity index (χ3n) is 3.79. The number of amides is 1. The van der Waals surface area contributed by atoms with Crippen LogP contribution in [0.15, 0.2) is 18.2 Å². The average Bonchev–Trinajstić information content (AvgIpc) is 2.47. The molecule has 1 fully saturated rings. The molecule has 19 heavy (non-hydrogen) atoms. The van der Waals surface area contributed by atoms with Crippen LogP contribution in [0, 0.1) is 6.92 Å². The van der Waals surface area contributed by atoms with Crippen molar-refractivity contribution in [3.8, 4) is 5.75 Å². The van der Waals surface area contributed by atoms with Crippen molar-refractivity contribution >= 4 is 5.91 Å². The molecule has 4 nitrogen and oxygen atoms in total. The zero-order valence-electron chi connectivity index (χ0n) is 11.9. The summed E-state index contributed by atoms with van der Waals surface area (Å²) < 4.78 is 5.28. The van der Waals surface area contributed by atoms with Gasteiger partial charge in [0.2, 0.25) is 0 Å². The molecule has 1 heterocycles. The number of likely N-dealkylation sites (N-methyl/N-ethyl adjacent to an activating group) is 1. The molecule has 1 N–H and O–H groups in total. The highest BCUT2D eigenvalue weighted by Crippen LogP contribution is 2.21. The maximum Gasteiger partial charge on any atom is 0.254 e. The average molecular weight is 262 g/mol. The minimum atomic E-state index is 0.0620. The lowest BCUT2D eigenvalue weighted by atomic mass is 10.0. The highest BCUT2D eigenvalue weighted by atomic mass is 16.5. The molecule has 0 bridgehead atoms. The molecule has 104 valence electrons. The van der Waals surface area contributed by atoms with E-state index in [0.717, 1.165) is 37.2 Å². The van der Waals surface area contributed by atoms with Gasteiger partial charge in [0, 0.05) is 25.2 Å². The first-order chi connectivity index (χ1) is 9.13. The van der Waals surface area contributed by atoms with Crippen LogP contribution in [0.2, 0.25) is 0 Å². The highest BCUT2D eigenvalue weighted by molar-refractivity contribution is 5.94. The van der Waals surface area contributed by atoms with Crippen LogP contribution in [-0.4, -0.2) is 44.1 Å². The van der Waals surface area contributed by atoms with Crippen molar-refractivity contribution in [1.29, 1.82) is 0 Å². The summed E-state index contributed by atoms with van der Waals surface area (Å²) in [6.07, 6.45) is 2.19. The molecule has 0 aliphatic carbocycles. The standard InChI is InChI=1S/C15H22N2O2/c1-11-6-7-12(9-14(11)19-3)15(18)17(2)13-5-4-8-16-10-13/h6-7,9,13,16H,4-5,8,10H2,1-3H3. The molecule has 1 unspecified atom stereocenters. The van der Waals surface area contributed by atoms with E-state index < -0.39 is 0 Å². The summed E-state index contributed by atoms with van der Waals surface area (Å²) in [7, 11) is 3.51. The van der Waals surface area contributed by atoms with E-state index in [1.807, 2.05) is 37.1 Å². The smallest absolute Gasteiger partial charge is 0.254 e. The van der Waals surface area contributed by atoms with Gasteiger partial charge in [-0.2, -0.15) is 0 Å². The van der Waals surface area contributed by atoms with Crippen molar-refractivity contribution in [2.75, 3.05) is 27.2 Å². The Kier molecular flexibility index (Phi) is 4.43. The van der Waals surface area contributed by atoms with Crippen molar-refractivity contribution in [3.05, 3.63) is 29.3 Å². The fraction of sp³-hybridized carbons (Fsp3) is 0.533. The van der Waals surface area contributed by atoms with Gasteiger partial charge in [-0.1, -0.05) is 6.07 Å². The number of aryl methyl sites for hydroxylation is 1. The van der Waals surface area contributed by atoms with Gasteiger partial charge in [0.25, 0.3) is 5.91 Å². The first kappa shape index (κ1) is 13.9. The molecule has 1 aromatic carbocycles. The molecule has 0 radical (unpaired) electrons. The second-order valence-electron chi connectivity index (χ2n) is 5.10. The number of nitrogens with one attached hydrogen (secondary N) is 1. The summed E-state index contributed by atoms with van der Waals surface area (Å²) in [6, 6.07) is 5.91. The van der Waals surface area contributed by atoms with Crippen LogP contribution in [0.25, 0.3) is 0 Å². The third-order valence-corrected chi connectivity index (χ3v) is 3.79. The Bertz CT molecular complexity index is 453. The minimum absolute atomic E-state index is 0.0620. The van der Waals surface area contributed by atoms with Crippen LogP contribution in [0.1, 0.15) is 28.8 Å². The van der Waals surface area contributed by atoms with E-state index in [9.17, 15) is 4.79 Å². The molecule has 0 aromatic heterocycles. The molecule has 4 heteroatoms. The lowest BCUT2D eigenvalue weighted by molar-refractivity contribution is 0.0708. The maximum absolute atomic E-state index is 12.5. The van der Waals surface area contributed by atoms with Crippen molar-refractivity contribution in [2.45, 2.75) is 25.8 Å². The van der Waals surface area contributed by atoms with Gasteiger partial charge in [0.05, 0.1) is 7.11 Å². The van der Waals surface area contributed by atoms with E-state index in [2.05, 4.69) is 5.32 Å². The fourth-order valence-corrected chi connectivity index (χ4v) is 2.49. The lowest BCUT2D eigenvalue weighted by Crippen LogP contribution is -2.46. The predicted octanol–water partition coefficient (Wildman–Crippen LogP) is 1.83. The maximum atomic E-state index is 12.5. The first-order valence-electron chi connectivity index (χ1n) is 6.76. The van der Waals surface area contributed by atoms with E-state index in [1.165, 1.54) is 0 Å². The third kappa shape index (κ3) is 3.07. The van der Waals surface area contributed by atoms with E-state index >= 15 is 0 Å². The van der Waals surface area contributed by atoms with Crippen LogP contribution in [0.4, 0.5) is 0 Å². The zero-order valence-corrected chi connectivity index (χ0v) is 11.9. The molecule has 0 spiro atoms. The van der Waals surface area contributed by atoms with E-state index in [1.54, 1.807) is 7.11 Å². The Morgan fingerprint density at radius 3 is 2.89 bits per heavy atom. The molecule has 2 rings (SSSR count). The Morgan fingerprint density at radius 1 is 1.47 bits per heavy atom. The summed E-state index contributed by atoms with van der Waals surface area (Å²) in [5.41, 5.74) is 1.73. The number of ether oxygens (including phenoxy) is 1. The van der Waals surface area contributed by atoms with Crippen molar-refractivity contribution < 1.29 is 9.53 Å². The van der Waals surface area contributed by atoms with Gasteiger partial charge in [0.15, 0.2) is 0 Å². The van der Waals surface area contributed by atoms with Crippen molar-refractivity contribution in [1.82, 2.24) is 10.2 Å². The monoisotopic (exact) mass is 262 g/mol. The van der Waals surface area contributed by atoms with E-state index in [4.69, 9.17) is 4.74 Å². The Labute approximate surface area is 114 Å². The second kappa shape index (κ2) is 6.06. The van der Waals surface area contributed by atoms with Crippen LogP contribution in [0.5, 0.6) is 5.75 Å². The van der Waals surface area contributed by atoms with Crippen molar-refractivity contribution in [2.24, 2.45) is 0 Å². The Morgan fingerprint density at radius 2 is 2.26 bits per heavy atom. The number of benzene rings is 1. The van der Waals surface area contributed by atoms with Gasteiger partial charge < -0.3 is 15.0 Å². The zero-order chi connectivity index (χ0) is 13.8. The van der Waals surface area contributed by atoms with Crippen LogP contribution in [0.3, 0.4) is 0 Å². The van der Waals surface area contributed by atoms with Gasteiger partial charge in [-0.05, 0) is 44.0 Å². The summed E-state index contributed by atoms with van der Waals surface area (Å²) in [4.78, 5) is 14.3. The molecule has 1 amide bonds. The number of carbonyl (C=O) groups is 1. The molecule has 1 aliphatic heterocycles. The van der Waals surface area contributed by atoms with E-state index in [-0.39, 0.29) is 11.9 Å². The Hall–Kier alpha value is -1.55. The number of piperidine rings is 1. The van der Waals surface area contributed by atoms with Gasteiger partial charge in [-0.15, -0.1) is 0 Å². The van der Waals surface area contributed by atoms with Gasteiger partial charge in [0.1, 0.15) is 5.75 Å². The summed E-state index contributed by atoms with van der Waals surface area (Å²) >= 11 is 0. The first-order valence-corrected chi connectivity index (χ1v) is 6.76. The number of carbonyl (C=O) groups excluding carboxylic acids is 1. The summed E-state index contributed by atoms with van der Waals surface area (Å²) in [5.74, 6) is 0.827. The minimum Gasteiger partial charge on any atom is -0.496 e. The quantitative estimate of drug-likeness (QED) is 0.903. The number of nitrogens with zero attached hydrogens (tertiary/aromatic N) is 1. The lowest BCUT2D eigenvalue weighted by Gasteiger charge is -2.31. The number of rotatable bonds is 3. The van der Waals surface area contributed by atoms with Crippen LogP contribution in [-0.2, 0) is 0 Å². The molecule has 1 aromatic rings. The highest BCUT2D eigenvalue weighted by Gasteiger charge is 2.23. The SMILES string of the molecule is COc1cc(C(=O)N(C)C2CCCNC2)ccc1C. The number of methoxy groups -OCH3 is 1. The van der Waals surface area contributed by atoms with Gasteiger partial charge in [-0.25, -0.2) is 0 Å². The second-order valence-corrected chi connectivity index (χ2v) is 5.10. The molecule has 1 saturated heterocycles. The molecular weight excluding hydrogens is 240 g/mol. The topological polar surface area (TPSA) is 41.6 Å². The molecule has 1 aliphatic rings. The number of hydrogen-bond donors (Lipinski definition) is 1. The van der Waals surface area contributed by atoms with Gasteiger partial charge in [-0.3, -0.25) is 4.79 Å². The molecule has 0 saturated carbocycles. The normalized spacial score (nSPS) is 19.0. The molecular formula is C15H22N2O2. The summed E-state index contributed by atoms with van der Waals surface area (Å²) in [6.45, 7) is 3.91. The summed E-state index contributed by atoms with van der Waals surface area (Å²) in [5, 5.41) is 3.34.